The Morgan fingerprint density at radius 2 is 2.00 bits per heavy atom. The number of halogens is 4. The lowest BCUT2D eigenvalue weighted by molar-refractivity contribution is -0.130. The molecule has 2 fully saturated rings. The van der Waals surface area contributed by atoms with E-state index < -0.39 is 5.82 Å². The number of fused-ring (bicyclic) bond motifs is 3. The van der Waals surface area contributed by atoms with Gasteiger partial charge in [0.1, 0.15) is 11.0 Å². The Morgan fingerprint density at radius 1 is 1.23 bits per heavy atom. The van der Waals surface area contributed by atoms with Gasteiger partial charge in [0.05, 0.1) is 39.4 Å². The molecular weight excluding hydrogens is 612 g/mol. The predicted octanol–water partition coefficient (Wildman–Crippen LogP) is 6.73. The topological polar surface area (TPSA) is 81.3 Å². The van der Waals surface area contributed by atoms with Crippen LogP contribution in [0.15, 0.2) is 43.2 Å². The van der Waals surface area contributed by atoms with Crippen LogP contribution in [0.2, 0.25) is 15.1 Å². The van der Waals surface area contributed by atoms with Crippen molar-refractivity contribution in [2.45, 2.75) is 37.4 Å². The van der Waals surface area contributed by atoms with E-state index in [4.69, 9.17) is 44.8 Å². The first-order valence-electron chi connectivity index (χ1n) is 14.0. The molecule has 43 heavy (non-hydrogen) atoms. The van der Waals surface area contributed by atoms with Gasteiger partial charge in [-0.05, 0) is 45.1 Å². The molecule has 8 nitrogen and oxygen atoms in total. The van der Waals surface area contributed by atoms with Crippen LogP contribution in [0.25, 0.3) is 33.1 Å². The van der Waals surface area contributed by atoms with Crippen LogP contribution in [0.3, 0.4) is 0 Å². The normalized spacial score (nSPS) is 19.2. The van der Waals surface area contributed by atoms with Crippen LogP contribution in [0.5, 0.6) is 0 Å². The zero-order valence-electron chi connectivity index (χ0n) is 23.7. The summed E-state index contributed by atoms with van der Waals surface area (Å²) in [6.07, 6.45) is 4.40. The number of nitriles is 1. The highest BCUT2D eigenvalue weighted by molar-refractivity contribution is 6.44. The van der Waals surface area contributed by atoms with Crippen molar-refractivity contribution in [3.8, 4) is 17.2 Å². The Kier molecular flexibility index (Phi) is 7.99. The lowest BCUT2D eigenvalue weighted by atomic mass is 9.94. The van der Waals surface area contributed by atoms with E-state index in [-0.39, 0.29) is 45.5 Å². The molecule has 4 aromatic rings. The summed E-state index contributed by atoms with van der Waals surface area (Å²) >= 11 is 19.6. The number of imidazole rings is 1. The molecule has 0 N–H and O–H groups in total. The monoisotopic (exact) mass is 639 g/mol. The fraction of sp³-hybridized carbons (Fsp3) is 0.355. The molecule has 0 radical (unpaired) electrons. The van der Waals surface area contributed by atoms with Crippen LogP contribution in [-0.4, -0.2) is 76.1 Å². The Bertz CT molecular complexity index is 1810. The number of amides is 1. The van der Waals surface area contributed by atoms with Gasteiger partial charge >= 0.3 is 0 Å². The molecule has 2 saturated heterocycles. The van der Waals surface area contributed by atoms with Gasteiger partial charge in [0.25, 0.3) is 0 Å². The quantitative estimate of drug-likeness (QED) is 0.217. The third kappa shape index (κ3) is 5.00. The molecule has 2 aromatic carbocycles. The maximum Gasteiger partial charge on any atom is 0.246 e. The van der Waals surface area contributed by atoms with E-state index in [9.17, 15) is 10.1 Å². The number of hydrogen-bond donors (Lipinski definition) is 0. The highest BCUT2D eigenvalue weighted by Crippen LogP contribution is 2.44. The molecule has 4 heterocycles. The summed E-state index contributed by atoms with van der Waals surface area (Å²) in [6, 6.07) is 8.90. The summed E-state index contributed by atoms with van der Waals surface area (Å²) in [5.41, 5.74) is 2.02. The summed E-state index contributed by atoms with van der Waals surface area (Å²) in [6.45, 7) is 5.53. The van der Waals surface area contributed by atoms with E-state index in [0.29, 0.717) is 58.3 Å². The van der Waals surface area contributed by atoms with E-state index in [1.165, 1.54) is 6.08 Å². The van der Waals surface area contributed by atoms with Crippen LogP contribution in [0, 0.1) is 17.1 Å². The molecular formula is C31H29Cl3FN7O. The second-order valence-corrected chi connectivity index (χ2v) is 12.5. The highest BCUT2D eigenvalue weighted by Gasteiger charge is 2.35. The molecule has 2 aliphatic heterocycles. The summed E-state index contributed by atoms with van der Waals surface area (Å²) in [4.78, 5) is 28.2. The Hall–Kier alpha value is -3.42. The highest BCUT2D eigenvalue weighted by atomic mass is 35.5. The number of hydrogen-bond acceptors (Lipinski definition) is 6. The second-order valence-electron chi connectivity index (χ2n) is 11.3. The number of piperidine rings is 1. The zero-order chi connectivity index (χ0) is 30.6. The van der Waals surface area contributed by atoms with E-state index in [1.54, 1.807) is 35.5 Å². The van der Waals surface area contributed by atoms with Crippen molar-refractivity contribution >= 4 is 68.5 Å². The molecule has 2 aromatic heterocycles. The molecule has 0 aliphatic carbocycles. The number of carbonyl (C=O) groups excluding carboxylic acids is 1. The lowest BCUT2D eigenvalue weighted by Crippen LogP contribution is -2.57. The van der Waals surface area contributed by atoms with Crippen molar-refractivity contribution in [3.05, 3.63) is 64.1 Å². The molecule has 12 heteroatoms. The minimum Gasteiger partial charge on any atom is -0.351 e. The fourth-order valence-electron chi connectivity index (χ4n) is 6.23. The van der Waals surface area contributed by atoms with E-state index >= 15 is 4.39 Å². The van der Waals surface area contributed by atoms with Crippen LogP contribution < -0.4 is 4.90 Å². The molecule has 0 saturated carbocycles. The summed E-state index contributed by atoms with van der Waals surface area (Å²) in [7, 11) is 4.06. The largest absolute Gasteiger partial charge is 0.351 e. The molecule has 0 unspecified atom stereocenters. The van der Waals surface area contributed by atoms with Crippen molar-refractivity contribution in [2.24, 2.45) is 0 Å². The molecule has 2 aliphatic rings. The number of benzene rings is 2. The first kappa shape index (κ1) is 29.6. The van der Waals surface area contributed by atoms with Gasteiger partial charge in [-0.15, -0.1) is 0 Å². The average Bonchev–Trinajstić information content (AvgIpc) is 3.40. The average molecular weight is 641 g/mol. The van der Waals surface area contributed by atoms with Crippen LogP contribution in [0.4, 0.5) is 10.2 Å². The third-order valence-electron chi connectivity index (χ3n) is 8.65. The van der Waals surface area contributed by atoms with E-state index in [0.717, 1.165) is 13.1 Å². The lowest BCUT2D eigenvalue weighted by Gasteiger charge is -2.43. The first-order chi connectivity index (χ1) is 20.6. The fourth-order valence-corrected chi connectivity index (χ4v) is 6.92. The molecule has 0 spiro atoms. The van der Waals surface area contributed by atoms with Crippen molar-refractivity contribution in [1.29, 1.82) is 5.26 Å². The number of aromatic nitrogens is 3. The minimum absolute atomic E-state index is 0.0922. The standard InChI is InChI=1S/C31H29Cl3FN7O/c1-4-24(43)41-11-9-18(12-17(41)8-10-36)42-16-37-29-30(42)21-13-23(33)25(20-6-5-7-22(32)26(20)34)27(35)28(21)38-31(29)40-14-19(15-40)39(2)3/h4-7,13,16-19H,1,8-9,11-12,14-15H2,2-3H3/t17-,18+/m1/s1. The number of rotatable bonds is 6. The number of likely N-dealkylation sites (N-methyl/N-ethyl adjacent to an activating group) is 1. The maximum atomic E-state index is 16.7. The van der Waals surface area contributed by atoms with Gasteiger partial charge in [0.15, 0.2) is 11.6 Å². The SMILES string of the molecule is C=CC(=O)N1CC[C@H](n2cnc3c(N4CC(N(C)C)C4)nc4c(F)c(-c5cccc(Cl)c5Cl)c(Cl)cc4c32)C[C@H]1CC#N. The van der Waals surface area contributed by atoms with Gasteiger partial charge in [-0.2, -0.15) is 5.26 Å². The predicted molar refractivity (Wildman–Crippen MR) is 169 cm³/mol. The molecule has 6 rings (SSSR count). The number of pyridine rings is 1. The molecule has 2 atom stereocenters. The Morgan fingerprint density at radius 3 is 2.70 bits per heavy atom. The smallest absolute Gasteiger partial charge is 0.246 e. The number of anilines is 1. The van der Waals surface area contributed by atoms with Crippen LogP contribution >= 0.6 is 34.8 Å². The second kappa shape index (κ2) is 11.6. The number of likely N-dealkylation sites (tertiary alicyclic amines) is 1. The van der Waals surface area contributed by atoms with Crippen LogP contribution in [0.1, 0.15) is 25.3 Å². The van der Waals surface area contributed by atoms with Gasteiger partial charge in [0, 0.05) is 54.3 Å². The van der Waals surface area contributed by atoms with Crippen molar-refractivity contribution in [1.82, 2.24) is 24.3 Å². The maximum absolute atomic E-state index is 16.7. The van der Waals surface area contributed by atoms with Gasteiger partial charge in [-0.3, -0.25) is 4.79 Å². The van der Waals surface area contributed by atoms with Gasteiger partial charge in [-0.25, -0.2) is 14.4 Å². The Balaban J connectivity index is 1.55. The first-order valence-corrected chi connectivity index (χ1v) is 15.1. The van der Waals surface area contributed by atoms with Crippen molar-refractivity contribution in [3.63, 3.8) is 0 Å². The summed E-state index contributed by atoms with van der Waals surface area (Å²) < 4.78 is 18.7. The van der Waals surface area contributed by atoms with Gasteiger partial charge in [-0.1, -0.05) is 53.5 Å². The summed E-state index contributed by atoms with van der Waals surface area (Å²) in [5.74, 6) is -0.196. The Labute approximate surface area is 263 Å². The molecule has 0 bridgehead atoms. The van der Waals surface area contributed by atoms with Crippen molar-refractivity contribution < 1.29 is 9.18 Å². The summed E-state index contributed by atoms with van der Waals surface area (Å²) in [5, 5.41) is 10.7. The van der Waals surface area contributed by atoms with Crippen molar-refractivity contribution in [2.75, 3.05) is 38.6 Å². The number of carbonyl (C=O) groups is 1. The molecule has 1 amide bonds. The molecule has 222 valence electrons. The van der Waals surface area contributed by atoms with Gasteiger partial charge in [0.2, 0.25) is 5.91 Å². The van der Waals surface area contributed by atoms with E-state index in [1.807, 2.05) is 18.7 Å². The van der Waals surface area contributed by atoms with Crippen LogP contribution in [-0.2, 0) is 4.79 Å². The number of nitrogens with zero attached hydrogens (tertiary/aromatic N) is 7. The minimum atomic E-state index is -0.596. The van der Waals surface area contributed by atoms with Gasteiger partial charge < -0.3 is 19.3 Å². The third-order valence-corrected chi connectivity index (χ3v) is 9.77. The zero-order valence-corrected chi connectivity index (χ0v) is 26.0. The van der Waals surface area contributed by atoms with E-state index in [2.05, 4.69) is 22.4 Å².